The molecule has 0 bridgehead atoms. The van der Waals surface area contributed by atoms with Crippen molar-refractivity contribution in [1.82, 2.24) is 20.2 Å². The Balaban J connectivity index is 1.84. The molecule has 6 nitrogen and oxygen atoms in total. The maximum atomic E-state index is 5.16. The first-order valence-corrected chi connectivity index (χ1v) is 6.87. The number of nitrogens with zero attached hydrogens (tertiary/aromatic N) is 1. The molecule has 1 aromatic heterocycles. The summed E-state index contributed by atoms with van der Waals surface area (Å²) in [4.78, 5) is 1.77. The van der Waals surface area contributed by atoms with Gasteiger partial charge in [-0.05, 0) is 48.5 Å². The number of aromatic nitrogens is 4. The van der Waals surface area contributed by atoms with Gasteiger partial charge in [0.25, 0.3) is 0 Å². The highest BCUT2D eigenvalue weighted by molar-refractivity contribution is 5.58. The highest BCUT2D eigenvalue weighted by Gasteiger charge is 2.00. The molecule has 3 N–H and O–H groups in total. The molecule has 6 heteroatoms. The lowest BCUT2D eigenvalue weighted by atomic mass is 10.2. The molecule has 0 aliphatic carbocycles. The summed E-state index contributed by atoms with van der Waals surface area (Å²) in [7, 11) is 3.31. The molecule has 0 unspecified atom stereocenters. The first-order valence-electron chi connectivity index (χ1n) is 6.87. The fourth-order valence-corrected chi connectivity index (χ4v) is 2.11. The molecule has 3 rings (SSSR count). The zero-order chi connectivity index (χ0) is 15.4. The number of aromatic amines is 3. The van der Waals surface area contributed by atoms with Crippen molar-refractivity contribution in [3.63, 3.8) is 0 Å². The predicted octanol–water partition coefficient (Wildman–Crippen LogP) is 3.27. The van der Waals surface area contributed by atoms with Crippen molar-refractivity contribution < 1.29 is 9.47 Å². The lowest BCUT2D eigenvalue weighted by Gasteiger charge is -2.10. The molecule has 0 saturated heterocycles. The molecule has 0 spiro atoms. The monoisotopic (exact) mass is 298 g/mol. The third-order valence-electron chi connectivity index (χ3n) is 3.37. The van der Waals surface area contributed by atoms with Crippen LogP contribution < -0.4 is 9.47 Å². The summed E-state index contributed by atoms with van der Waals surface area (Å²) in [5, 5.41) is 9.41. The van der Waals surface area contributed by atoms with Crippen molar-refractivity contribution in [2.24, 2.45) is 0 Å². The van der Waals surface area contributed by atoms with Crippen LogP contribution in [0.15, 0.2) is 54.7 Å². The van der Waals surface area contributed by atoms with Crippen LogP contribution in [0.25, 0.3) is 16.9 Å². The van der Waals surface area contributed by atoms with Gasteiger partial charge in [0.15, 0.2) is 0 Å². The Morgan fingerprint density at radius 1 is 0.818 bits per heavy atom. The summed E-state index contributed by atoms with van der Waals surface area (Å²) in [6.07, 6.45) is 1.89. The number of H-pyrrole nitrogens is 3. The number of hydrogen-bond acceptors (Lipinski definition) is 2. The Morgan fingerprint density at radius 2 is 1.41 bits per heavy atom. The molecule has 114 valence electrons. The van der Waals surface area contributed by atoms with E-state index in [4.69, 9.17) is 9.47 Å². The first-order chi connectivity index (χ1) is 10.8. The van der Waals surface area contributed by atoms with Crippen LogP contribution >= 0.6 is 0 Å². The summed E-state index contributed by atoms with van der Waals surface area (Å²) in [5.74, 6) is 1.66. The quantitative estimate of drug-likeness (QED) is 0.692. The molecule has 22 heavy (non-hydrogen) atoms. The number of benzene rings is 2. The van der Waals surface area contributed by atoms with Crippen LogP contribution in [0.3, 0.4) is 0 Å². The lowest BCUT2D eigenvalue weighted by molar-refractivity contribution is 0.414. The SMILES string of the molecule is COc1ccc(-c2c[nH]n(-c3ccc(OC)cc3)[nH][nH]2)cc1. The lowest BCUT2D eigenvalue weighted by Crippen LogP contribution is -2.07. The largest absolute Gasteiger partial charge is 0.497 e. The van der Waals surface area contributed by atoms with E-state index in [0.717, 1.165) is 28.4 Å². The van der Waals surface area contributed by atoms with Crippen molar-refractivity contribution >= 4 is 0 Å². The van der Waals surface area contributed by atoms with Crippen molar-refractivity contribution in [3.8, 4) is 28.4 Å². The molecule has 0 saturated carbocycles. The van der Waals surface area contributed by atoms with Gasteiger partial charge in [-0.2, -0.15) is 4.80 Å². The third-order valence-corrected chi connectivity index (χ3v) is 3.37. The van der Waals surface area contributed by atoms with E-state index < -0.39 is 0 Å². The molecular formula is C16H18N4O2. The summed E-state index contributed by atoms with van der Waals surface area (Å²) in [6, 6.07) is 15.5. The van der Waals surface area contributed by atoms with Gasteiger partial charge in [-0.15, -0.1) is 0 Å². The van der Waals surface area contributed by atoms with E-state index in [-0.39, 0.29) is 0 Å². The van der Waals surface area contributed by atoms with Gasteiger partial charge in [-0.3, -0.25) is 10.2 Å². The predicted molar refractivity (Wildman–Crippen MR) is 85.0 cm³/mol. The van der Waals surface area contributed by atoms with E-state index in [1.54, 1.807) is 19.0 Å². The Bertz CT molecular complexity index is 674. The van der Waals surface area contributed by atoms with Crippen molar-refractivity contribution in [2.45, 2.75) is 0 Å². The van der Waals surface area contributed by atoms with E-state index in [2.05, 4.69) is 15.4 Å². The van der Waals surface area contributed by atoms with Crippen LogP contribution in [0.2, 0.25) is 0 Å². The Kier molecular flexibility index (Phi) is 3.91. The summed E-state index contributed by atoms with van der Waals surface area (Å²) in [6.45, 7) is 0. The molecule has 0 atom stereocenters. The fraction of sp³-hybridized carbons (Fsp3) is 0.125. The van der Waals surface area contributed by atoms with E-state index in [0.29, 0.717) is 0 Å². The first kappa shape index (κ1) is 13.9. The van der Waals surface area contributed by atoms with Crippen LogP contribution in [0.5, 0.6) is 11.5 Å². The number of rotatable bonds is 4. The Morgan fingerprint density at radius 3 is 1.91 bits per heavy atom. The molecule has 0 amide bonds. The van der Waals surface area contributed by atoms with Crippen LogP contribution in [0.4, 0.5) is 0 Å². The maximum Gasteiger partial charge on any atom is 0.119 e. The third kappa shape index (κ3) is 2.85. The average Bonchev–Trinajstić information content (AvgIpc) is 2.62. The van der Waals surface area contributed by atoms with Crippen LogP contribution in [-0.2, 0) is 0 Å². The Hall–Kier alpha value is -3.02. The summed E-state index contributed by atoms with van der Waals surface area (Å²) in [5.41, 5.74) is 2.95. The highest BCUT2D eigenvalue weighted by atomic mass is 16.5. The van der Waals surface area contributed by atoms with Gasteiger partial charge in [0, 0.05) is 11.8 Å². The topological polar surface area (TPSA) is 70.8 Å². The minimum atomic E-state index is 0.822. The van der Waals surface area contributed by atoms with Crippen LogP contribution in [-0.4, -0.2) is 34.4 Å². The smallest absolute Gasteiger partial charge is 0.119 e. The van der Waals surface area contributed by atoms with Gasteiger partial charge in [-0.25, -0.2) is 5.21 Å². The van der Waals surface area contributed by atoms with Crippen molar-refractivity contribution in [2.75, 3.05) is 14.2 Å². The summed E-state index contributed by atoms with van der Waals surface area (Å²) < 4.78 is 10.3. The van der Waals surface area contributed by atoms with E-state index in [9.17, 15) is 0 Å². The van der Waals surface area contributed by atoms with Gasteiger partial charge < -0.3 is 9.47 Å². The highest BCUT2D eigenvalue weighted by Crippen LogP contribution is 2.19. The van der Waals surface area contributed by atoms with E-state index >= 15 is 0 Å². The van der Waals surface area contributed by atoms with E-state index in [1.165, 1.54) is 0 Å². The molecule has 1 heterocycles. The zero-order valence-corrected chi connectivity index (χ0v) is 12.5. The van der Waals surface area contributed by atoms with Crippen LogP contribution in [0, 0.1) is 0 Å². The van der Waals surface area contributed by atoms with Gasteiger partial charge >= 0.3 is 0 Å². The average molecular weight is 298 g/mol. The zero-order valence-electron chi connectivity index (χ0n) is 12.5. The van der Waals surface area contributed by atoms with Crippen LogP contribution in [0.1, 0.15) is 0 Å². The Labute approximate surface area is 127 Å². The standard InChI is InChI=1S/C16H18N4O2/c1-21-14-7-3-12(4-8-14)16-11-17-20(19-18-16)13-5-9-15(22-2)10-6-13/h3-11,17-19H,1-2H3. The minimum Gasteiger partial charge on any atom is -0.497 e. The number of ether oxygens (including phenoxy) is 2. The molecular weight excluding hydrogens is 280 g/mol. The molecule has 3 aromatic rings. The van der Waals surface area contributed by atoms with Crippen molar-refractivity contribution in [1.29, 1.82) is 0 Å². The fourth-order valence-electron chi connectivity index (χ4n) is 2.11. The molecule has 0 fully saturated rings. The van der Waals surface area contributed by atoms with Gasteiger partial charge in [-0.1, -0.05) is 0 Å². The molecule has 0 radical (unpaired) electrons. The molecule has 0 aliphatic rings. The van der Waals surface area contributed by atoms with Gasteiger partial charge in [0.1, 0.15) is 11.5 Å². The number of nitrogens with one attached hydrogen (secondary N) is 3. The second kappa shape index (κ2) is 6.17. The van der Waals surface area contributed by atoms with Gasteiger partial charge in [0.05, 0.1) is 25.6 Å². The molecule has 2 aromatic carbocycles. The number of methoxy groups -OCH3 is 2. The van der Waals surface area contributed by atoms with E-state index in [1.807, 2.05) is 54.7 Å². The number of hydrogen-bond donors (Lipinski definition) is 3. The summed E-state index contributed by atoms with van der Waals surface area (Å²) >= 11 is 0. The second-order valence-corrected chi connectivity index (χ2v) is 4.69. The van der Waals surface area contributed by atoms with Gasteiger partial charge in [0.2, 0.25) is 0 Å². The normalized spacial score (nSPS) is 10.3. The minimum absolute atomic E-state index is 0.822. The molecule has 0 aliphatic heterocycles. The maximum absolute atomic E-state index is 5.16. The van der Waals surface area contributed by atoms with Crippen molar-refractivity contribution in [3.05, 3.63) is 54.7 Å². The second-order valence-electron chi connectivity index (χ2n) is 4.69.